The number of nitrogens with one attached hydrogen (secondary N) is 1. The number of hydrogen-bond donors (Lipinski definition) is 3. The average Bonchev–Trinajstić information content (AvgIpc) is 2.38. The Morgan fingerprint density at radius 2 is 2.15 bits per heavy atom. The first kappa shape index (κ1) is 14.2. The lowest BCUT2D eigenvalue weighted by Crippen LogP contribution is -2.09. The maximum Gasteiger partial charge on any atom is 0.253 e. The smallest absolute Gasteiger partial charge is 0.253 e. The Bertz CT molecular complexity index is 659. The highest BCUT2D eigenvalue weighted by Gasteiger charge is 2.07. The second-order valence-electron chi connectivity index (χ2n) is 3.97. The molecule has 0 saturated carbocycles. The van der Waals surface area contributed by atoms with Crippen LogP contribution in [-0.2, 0) is 0 Å². The summed E-state index contributed by atoms with van der Waals surface area (Å²) in [5.74, 6) is 0.539. The zero-order chi connectivity index (χ0) is 14.5. The van der Waals surface area contributed by atoms with E-state index in [1.165, 1.54) is 17.8 Å². The summed E-state index contributed by atoms with van der Waals surface area (Å²) in [5.41, 5.74) is 11.5. The number of ether oxygens (including phenoxy) is 1. The van der Waals surface area contributed by atoms with Crippen LogP contribution in [0.5, 0.6) is 5.88 Å². The minimum absolute atomic E-state index is 0.161. The van der Waals surface area contributed by atoms with E-state index in [-0.39, 0.29) is 11.4 Å². The second kappa shape index (κ2) is 6.29. The predicted octanol–water partition coefficient (Wildman–Crippen LogP) is 1.27. The second-order valence-corrected chi connectivity index (χ2v) is 4.98. The van der Waals surface area contributed by atoms with Crippen LogP contribution in [0.4, 0.5) is 11.5 Å². The number of rotatable bonds is 5. The van der Waals surface area contributed by atoms with Crippen molar-refractivity contribution in [2.75, 3.05) is 18.1 Å². The van der Waals surface area contributed by atoms with Gasteiger partial charge in [-0.15, -0.1) is 0 Å². The molecule has 0 saturated heterocycles. The third-order valence-electron chi connectivity index (χ3n) is 2.25. The Hall–Kier alpha value is -2.22. The molecule has 0 unspecified atom stereocenters. The van der Waals surface area contributed by atoms with E-state index < -0.39 is 0 Å². The zero-order valence-electron chi connectivity index (χ0n) is 10.9. The third-order valence-corrected chi connectivity index (χ3v) is 3.07. The summed E-state index contributed by atoms with van der Waals surface area (Å²) in [5, 5.41) is 0.979. The van der Waals surface area contributed by atoms with Crippen molar-refractivity contribution in [3.63, 3.8) is 0 Å². The predicted molar refractivity (Wildman–Crippen MR) is 77.8 cm³/mol. The molecule has 2 heterocycles. The van der Waals surface area contributed by atoms with Gasteiger partial charge in [-0.25, -0.2) is 9.97 Å². The standard InChI is InChI=1S/C12H15N5O2S/c1-2-5-19-11-7(13)3-4-10(17-11)20-12-15-8(14)6-9(18)16-12/h3-4,6H,2,5,13H2,1H3,(H3,14,15,16,18). The molecule has 0 aromatic carbocycles. The summed E-state index contributed by atoms with van der Waals surface area (Å²) in [6.45, 7) is 2.54. The summed E-state index contributed by atoms with van der Waals surface area (Å²) in [6.07, 6.45) is 0.864. The maximum atomic E-state index is 11.3. The normalized spacial score (nSPS) is 10.4. The van der Waals surface area contributed by atoms with Gasteiger partial charge in [0, 0.05) is 6.07 Å². The number of hydrogen-bond acceptors (Lipinski definition) is 7. The van der Waals surface area contributed by atoms with E-state index in [0.717, 1.165) is 6.42 Å². The van der Waals surface area contributed by atoms with Crippen LogP contribution in [0.25, 0.3) is 0 Å². The van der Waals surface area contributed by atoms with Crippen LogP contribution in [-0.4, -0.2) is 21.6 Å². The van der Waals surface area contributed by atoms with E-state index in [2.05, 4.69) is 15.0 Å². The Morgan fingerprint density at radius 3 is 2.85 bits per heavy atom. The van der Waals surface area contributed by atoms with Gasteiger partial charge in [-0.05, 0) is 30.3 Å². The van der Waals surface area contributed by atoms with Crippen LogP contribution in [0.3, 0.4) is 0 Å². The molecule has 2 aromatic rings. The van der Waals surface area contributed by atoms with Crippen molar-refractivity contribution >= 4 is 23.3 Å². The molecule has 0 radical (unpaired) electrons. The molecule has 0 fully saturated rings. The number of H-pyrrole nitrogens is 1. The fraction of sp³-hybridized carbons (Fsp3) is 0.250. The monoisotopic (exact) mass is 293 g/mol. The molecule has 0 spiro atoms. The number of pyridine rings is 1. The minimum atomic E-state index is -0.307. The van der Waals surface area contributed by atoms with Crippen molar-refractivity contribution in [2.24, 2.45) is 0 Å². The average molecular weight is 293 g/mol. The van der Waals surface area contributed by atoms with E-state index in [1.807, 2.05) is 6.92 Å². The minimum Gasteiger partial charge on any atom is -0.476 e. The molecule has 0 aliphatic carbocycles. The van der Waals surface area contributed by atoms with Crippen molar-refractivity contribution in [3.8, 4) is 5.88 Å². The highest BCUT2D eigenvalue weighted by atomic mass is 32.2. The summed E-state index contributed by atoms with van der Waals surface area (Å²) in [4.78, 5) is 22.2. The molecule has 20 heavy (non-hydrogen) atoms. The lowest BCUT2D eigenvalue weighted by molar-refractivity contribution is 0.305. The van der Waals surface area contributed by atoms with E-state index in [0.29, 0.717) is 28.4 Å². The zero-order valence-corrected chi connectivity index (χ0v) is 11.7. The molecule has 0 amide bonds. The van der Waals surface area contributed by atoms with Gasteiger partial charge in [0.1, 0.15) is 10.8 Å². The highest BCUT2D eigenvalue weighted by molar-refractivity contribution is 7.99. The molecule has 7 nitrogen and oxygen atoms in total. The van der Waals surface area contributed by atoms with Gasteiger partial charge in [-0.2, -0.15) is 0 Å². The van der Waals surface area contributed by atoms with E-state index in [1.54, 1.807) is 12.1 Å². The molecule has 2 rings (SSSR count). The lowest BCUT2D eigenvalue weighted by Gasteiger charge is -2.08. The molecule has 0 aliphatic heterocycles. The molecule has 0 aliphatic rings. The fourth-order valence-corrected chi connectivity index (χ4v) is 2.17. The molecule has 0 atom stereocenters. The van der Waals surface area contributed by atoms with Crippen LogP contribution in [0.15, 0.2) is 33.2 Å². The van der Waals surface area contributed by atoms with Crippen molar-refractivity contribution < 1.29 is 4.74 Å². The van der Waals surface area contributed by atoms with Gasteiger partial charge in [0.25, 0.3) is 5.56 Å². The van der Waals surface area contributed by atoms with E-state index in [9.17, 15) is 4.79 Å². The largest absolute Gasteiger partial charge is 0.476 e. The van der Waals surface area contributed by atoms with Gasteiger partial charge in [0.15, 0.2) is 5.16 Å². The SMILES string of the molecule is CCCOc1nc(Sc2nc(N)cc(=O)[nH]2)ccc1N. The van der Waals surface area contributed by atoms with Gasteiger partial charge in [-0.3, -0.25) is 4.79 Å². The van der Waals surface area contributed by atoms with Crippen molar-refractivity contribution in [1.29, 1.82) is 0 Å². The van der Waals surface area contributed by atoms with Crippen molar-refractivity contribution in [1.82, 2.24) is 15.0 Å². The van der Waals surface area contributed by atoms with Crippen LogP contribution in [0.1, 0.15) is 13.3 Å². The first-order chi connectivity index (χ1) is 9.58. The summed E-state index contributed by atoms with van der Waals surface area (Å²) < 4.78 is 5.45. The summed E-state index contributed by atoms with van der Waals surface area (Å²) >= 11 is 1.18. The summed E-state index contributed by atoms with van der Waals surface area (Å²) in [7, 11) is 0. The highest BCUT2D eigenvalue weighted by Crippen LogP contribution is 2.27. The van der Waals surface area contributed by atoms with Crippen LogP contribution in [0, 0.1) is 0 Å². The number of aromatic nitrogens is 3. The molecule has 106 valence electrons. The van der Waals surface area contributed by atoms with Crippen LogP contribution >= 0.6 is 11.8 Å². The van der Waals surface area contributed by atoms with Gasteiger partial charge >= 0.3 is 0 Å². The van der Waals surface area contributed by atoms with Crippen LogP contribution < -0.4 is 21.8 Å². The van der Waals surface area contributed by atoms with Crippen LogP contribution in [0.2, 0.25) is 0 Å². The Kier molecular flexibility index (Phi) is 4.46. The number of nitrogen functional groups attached to an aromatic ring is 2. The van der Waals surface area contributed by atoms with Gasteiger partial charge in [0.05, 0.1) is 12.3 Å². The number of nitrogens with zero attached hydrogens (tertiary/aromatic N) is 2. The van der Waals surface area contributed by atoms with Crippen molar-refractivity contribution in [2.45, 2.75) is 23.5 Å². The molecule has 8 heteroatoms. The molecule has 0 bridgehead atoms. The first-order valence-corrected chi connectivity index (χ1v) is 6.84. The Labute approximate surface area is 119 Å². The van der Waals surface area contributed by atoms with E-state index in [4.69, 9.17) is 16.2 Å². The first-order valence-electron chi connectivity index (χ1n) is 6.02. The number of nitrogens with two attached hydrogens (primary N) is 2. The van der Waals surface area contributed by atoms with Gasteiger partial charge in [0.2, 0.25) is 5.88 Å². The number of aromatic amines is 1. The number of anilines is 2. The molecule has 2 aromatic heterocycles. The Morgan fingerprint density at radius 1 is 1.35 bits per heavy atom. The van der Waals surface area contributed by atoms with Gasteiger partial charge in [-0.1, -0.05) is 6.92 Å². The lowest BCUT2D eigenvalue weighted by atomic mass is 10.4. The molecular weight excluding hydrogens is 278 g/mol. The molecular formula is C12H15N5O2S. The fourth-order valence-electron chi connectivity index (χ4n) is 1.41. The van der Waals surface area contributed by atoms with Gasteiger partial charge < -0.3 is 21.2 Å². The topological polar surface area (TPSA) is 120 Å². The summed E-state index contributed by atoms with van der Waals surface area (Å²) in [6, 6.07) is 4.64. The third kappa shape index (κ3) is 3.64. The maximum absolute atomic E-state index is 11.3. The van der Waals surface area contributed by atoms with Crippen molar-refractivity contribution in [3.05, 3.63) is 28.6 Å². The van der Waals surface area contributed by atoms with E-state index >= 15 is 0 Å². The quantitative estimate of drug-likeness (QED) is 0.710. The molecule has 5 N–H and O–H groups in total. The Balaban J connectivity index is 2.22.